The minimum absolute atomic E-state index is 0.0323. The second-order valence-electron chi connectivity index (χ2n) is 4.14. The van der Waals surface area contributed by atoms with E-state index in [1.807, 2.05) is 18.3 Å². The lowest BCUT2D eigenvalue weighted by Crippen LogP contribution is -2.29. The molecule has 1 heterocycles. The molecule has 0 saturated carbocycles. The maximum atomic E-state index is 5.68. The van der Waals surface area contributed by atoms with Crippen LogP contribution in [0.4, 0.5) is 0 Å². The highest BCUT2D eigenvalue weighted by Gasteiger charge is 2.12. The number of hydrogen-bond donors (Lipinski definition) is 2. The lowest BCUT2D eigenvalue weighted by molar-refractivity contribution is 0.550. The maximum absolute atomic E-state index is 5.68. The first kappa shape index (κ1) is 15.1. The van der Waals surface area contributed by atoms with Crippen LogP contribution in [0.5, 0.6) is 0 Å². The summed E-state index contributed by atoms with van der Waals surface area (Å²) in [5.41, 5.74) is 5.09. The Hall–Kier alpha value is -0.270. The van der Waals surface area contributed by atoms with Gasteiger partial charge in [0, 0.05) is 25.8 Å². The van der Waals surface area contributed by atoms with Crippen LogP contribution in [-0.2, 0) is 6.42 Å². The molecule has 0 aliphatic carbocycles. The second-order valence-corrected chi connectivity index (χ2v) is 6.88. The van der Waals surface area contributed by atoms with Crippen molar-refractivity contribution >= 4 is 47.8 Å². The number of hydrogen-bond acceptors (Lipinski definition) is 3. The highest BCUT2D eigenvalue weighted by molar-refractivity contribution is 9.11. The van der Waals surface area contributed by atoms with Gasteiger partial charge in [-0.2, -0.15) is 0 Å². The third-order valence-electron chi connectivity index (χ3n) is 2.69. The monoisotopic (exact) mass is 447 g/mol. The van der Waals surface area contributed by atoms with Crippen molar-refractivity contribution in [2.24, 2.45) is 5.84 Å². The van der Waals surface area contributed by atoms with Crippen molar-refractivity contribution in [1.29, 1.82) is 0 Å². The Morgan fingerprint density at radius 1 is 1.00 bits per heavy atom. The molecule has 19 heavy (non-hydrogen) atoms. The van der Waals surface area contributed by atoms with Gasteiger partial charge in [-0.15, -0.1) is 0 Å². The zero-order valence-electron chi connectivity index (χ0n) is 9.91. The van der Waals surface area contributed by atoms with Crippen LogP contribution in [-0.4, -0.2) is 4.98 Å². The number of benzene rings is 1. The van der Waals surface area contributed by atoms with E-state index in [2.05, 4.69) is 70.3 Å². The van der Waals surface area contributed by atoms with Gasteiger partial charge in [0.1, 0.15) is 0 Å². The van der Waals surface area contributed by atoms with Gasteiger partial charge in [0.25, 0.3) is 0 Å². The van der Waals surface area contributed by atoms with E-state index in [1.165, 1.54) is 0 Å². The van der Waals surface area contributed by atoms with E-state index in [9.17, 15) is 0 Å². The van der Waals surface area contributed by atoms with Crippen LogP contribution in [0.25, 0.3) is 0 Å². The summed E-state index contributed by atoms with van der Waals surface area (Å²) in [7, 11) is 0. The number of rotatable bonds is 4. The quantitative estimate of drug-likeness (QED) is 0.545. The Morgan fingerprint density at radius 2 is 1.68 bits per heavy atom. The van der Waals surface area contributed by atoms with E-state index >= 15 is 0 Å². The lowest BCUT2D eigenvalue weighted by atomic mass is 10.0. The van der Waals surface area contributed by atoms with Gasteiger partial charge >= 0.3 is 0 Å². The van der Waals surface area contributed by atoms with Crippen LogP contribution in [0, 0.1) is 0 Å². The van der Waals surface area contributed by atoms with Gasteiger partial charge < -0.3 is 0 Å². The molecule has 1 aromatic heterocycles. The van der Waals surface area contributed by atoms with Gasteiger partial charge in [-0.25, -0.2) is 0 Å². The van der Waals surface area contributed by atoms with Crippen molar-refractivity contribution in [2.45, 2.75) is 12.5 Å². The fourth-order valence-electron chi connectivity index (χ4n) is 1.85. The number of nitrogens with two attached hydrogens (primary N) is 1. The van der Waals surface area contributed by atoms with E-state index in [-0.39, 0.29) is 6.04 Å². The molecule has 1 atom stereocenters. The molecular formula is C13H12Br3N3. The standard InChI is InChI=1S/C13H12Br3N3/c14-10-3-9(4-11(15)5-10)13(19-17)2-8-1-12(16)7-18-6-8/h1,3-7,13,19H,2,17H2. The first-order valence-corrected chi connectivity index (χ1v) is 7.98. The normalized spacial score (nSPS) is 12.4. The van der Waals surface area contributed by atoms with Crippen LogP contribution in [0.2, 0.25) is 0 Å². The van der Waals surface area contributed by atoms with E-state index in [0.29, 0.717) is 0 Å². The Bertz CT molecular complexity index is 555. The topological polar surface area (TPSA) is 50.9 Å². The molecule has 3 nitrogen and oxygen atoms in total. The van der Waals surface area contributed by atoms with Gasteiger partial charge in [0.05, 0.1) is 6.04 Å². The maximum Gasteiger partial charge on any atom is 0.0501 e. The predicted molar refractivity (Wildman–Crippen MR) is 87.5 cm³/mol. The first-order chi connectivity index (χ1) is 9.08. The van der Waals surface area contributed by atoms with Crippen molar-refractivity contribution < 1.29 is 0 Å². The number of aromatic nitrogens is 1. The van der Waals surface area contributed by atoms with E-state index in [1.54, 1.807) is 6.20 Å². The van der Waals surface area contributed by atoms with Crippen molar-refractivity contribution in [3.63, 3.8) is 0 Å². The number of hydrazine groups is 1. The molecule has 0 saturated heterocycles. The molecular weight excluding hydrogens is 438 g/mol. The first-order valence-electron chi connectivity index (χ1n) is 5.60. The van der Waals surface area contributed by atoms with Crippen LogP contribution in [0.3, 0.4) is 0 Å². The molecule has 2 aromatic rings. The molecule has 1 aromatic carbocycles. The lowest BCUT2D eigenvalue weighted by Gasteiger charge is -2.17. The Morgan fingerprint density at radius 3 is 2.26 bits per heavy atom. The molecule has 100 valence electrons. The summed E-state index contributed by atoms with van der Waals surface area (Å²) in [6.45, 7) is 0. The van der Waals surface area contributed by atoms with Crippen LogP contribution >= 0.6 is 47.8 Å². The average Bonchev–Trinajstić information content (AvgIpc) is 2.34. The molecule has 0 fully saturated rings. The van der Waals surface area contributed by atoms with Crippen LogP contribution < -0.4 is 11.3 Å². The molecule has 0 spiro atoms. The second kappa shape index (κ2) is 6.95. The van der Waals surface area contributed by atoms with Crippen molar-refractivity contribution in [1.82, 2.24) is 10.4 Å². The van der Waals surface area contributed by atoms with Crippen molar-refractivity contribution in [3.8, 4) is 0 Å². The van der Waals surface area contributed by atoms with Gasteiger partial charge in [0.2, 0.25) is 0 Å². The average molecular weight is 450 g/mol. The highest BCUT2D eigenvalue weighted by Crippen LogP contribution is 2.26. The third-order valence-corrected chi connectivity index (χ3v) is 4.04. The minimum atomic E-state index is 0.0323. The number of nitrogens with one attached hydrogen (secondary N) is 1. The molecule has 1 unspecified atom stereocenters. The summed E-state index contributed by atoms with van der Waals surface area (Å²) in [4.78, 5) is 4.17. The number of halogens is 3. The largest absolute Gasteiger partial charge is 0.271 e. The summed E-state index contributed by atoms with van der Waals surface area (Å²) >= 11 is 10.4. The van der Waals surface area contributed by atoms with Gasteiger partial charge in [-0.3, -0.25) is 16.3 Å². The molecule has 2 rings (SSSR count). The van der Waals surface area contributed by atoms with Crippen molar-refractivity contribution in [3.05, 3.63) is 61.2 Å². The summed E-state index contributed by atoms with van der Waals surface area (Å²) in [5.74, 6) is 5.68. The molecule has 0 aliphatic heterocycles. The molecule has 3 N–H and O–H groups in total. The Labute approximate surface area is 137 Å². The smallest absolute Gasteiger partial charge is 0.0501 e. The summed E-state index contributed by atoms with van der Waals surface area (Å²) in [5, 5.41) is 0. The molecule has 0 amide bonds. The highest BCUT2D eigenvalue weighted by atomic mass is 79.9. The summed E-state index contributed by atoms with van der Waals surface area (Å²) < 4.78 is 3.00. The van der Waals surface area contributed by atoms with E-state index in [4.69, 9.17) is 5.84 Å². The Balaban J connectivity index is 2.24. The summed E-state index contributed by atoms with van der Waals surface area (Å²) in [6, 6.07) is 8.19. The molecule has 0 radical (unpaired) electrons. The van der Waals surface area contributed by atoms with Gasteiger partial charge in [0.15, 0.2) is 0 Å². The van der Waals surface area contributed by atoms with Gasteiger partial charge in [-0.1, -0.05) is 31.9 Å². The molecule has 0 bridgehead atoms. The van der Waals surface area contributed by atoms with Crippen LogP contribution in [0.1, 0.15) is 17.2 Å². The van der Waals surface area contributed by atoms with E-state index in [0.717, 1.165) is 31.0 Å². The molecule has 0 aliphatic rings. The van der Waals surface area contributed by atoms with Crippen molar-refractivity contribution in [2.75, 3.05) is 0 Å². The zero-order valence-corrected chi connectivity index (χ0v) is 14.7. The van der Waals surface area contributed by atoms with Crippen LogP contribution in [0.15, 0.2) is 50.1 Å². The fraction of sp³-hybridized carbons (Fsp3) is 0.154. The predicted octanol–water partition coefficient (Wildman–Crippen LogP) is 4.12. The fourth-order valence-corrected chi connectivity index (χ4v) is 3.59. The van der Waals surface area contributed by atoms with E-state index < -0.39 is 0 Å². The zero-order chi connectivity index (χ0) is 13.8. The SMILES string of the molecule is NNC(Cc1cncc(Br)c1)c1cc(Br)cc(Br)c1. The van der Waals surface area contributed by atoms with Gasteiger partial charge in [-0.05, 0) is 57.7 Å². The summed E-state index contributed by atoms with van der Waals surface area (Å²) in [6.07, 6.45) is 4.39. The Kier molecular flexibility index (Phi) is 5.53. The number of nitrogens with zero attached hydrogens (tertiary/aromatic N) is 1. The minimum Gasteiger partial charge on any atom is -0.271 e. The number of pyridine rings is 1. The third kappa shape index (κ3) is 4.36. The molecule has 6 heteroatoms.